The molecular weight excluding hydrogens is 278 g/mol. The Hall–Kier alpha value is -1.10. The minimum atomic E-state index is -0.0762. The van der Waals surface area contributed by atoms with E-state index >= 15 is 0 Å². The molecule has 1 aliphatic heterocycles. The molecule has 0 aromatic heterocycles. The van der Waals surface area contributed by atoms with Gasteiger partial charge in [-0.25, -0.2) is 0 Å². The molecule has 1 heterocycles. The lowest BCUT2D eigenvalue weighted by molar-refractivity contribution is -0.157. The maximum absolute atomic E-state index is 12.2. The zero-order chi connectivity index (χ0) is 13.9. The van der Waals surface area contributed by atoms with Gasteiger partial charge in [0, 0.05) is 16.6 Å². The predicted molar refractivity (Wildman–Crippen MR) is 76.0 cm³/mol. The van der Waals surface area contributed by atoms with Crippen LogP contribution < -0.4 is 5.32 Å². The monoisotopic (exact) mass is 295 g/mol. The minimum absolute atomic E-state index is 0.0762. The highest BCUT2D eigenvalue weighted by Crippen LogP contribution is 2.27. The standard InChI is InChI=1S/C15H18ClNO3/c16-11-3-1-2-10(8-11)15(18)17-12-4-5-13-14(9-12)20-7-6-19-13/h1-3,8,12-14H,4-7,9H2,(H,17,18)/t12-,13-,14+/m1/s1. The van der Waals surface area contributed by atoms with Gasteiger partial charge in [0.2, 0.25) is 0 Å². The molecule has 1 aliphatic carbocycles. The van der Waals surface area contributed by atoms with Crippen molar-refractivity contribution in [1.29, 1.82) is 0 Å². The van der Waals surface area contributed by atoms with E-state index in [0.29, 0.717) is 23.8 Å². The van der Waals surface area contributed by atoms with Crippen molar-refractivity contribution in [2.24, 2.45) is 0 Å². The fourth-order valence-electron chi connectivity index (χ4n) is 2.90. The van der Waals surface area contributed by atoms with Crippen LogP contribution >= 0.6 is 11.6 Å². The van der Waals surface area contributed by atoms with Crippen molar-refractivity contribution in [2.45, 2.75) is 37.5 Å². The summed E-state index contributed by atoms with van der Waals surface area (Å²) in [6.07, 6.45) is 2.99. The van der Waals surface area contributed by atoms with Crippen LogP contribution in [0.3, 0.4) is 0 Å². The van der Waals surface area contributed by atoms with Crippen LogP contribution in [0.5, 0.6) is 0 Å². The Morgan fingerprint density at radius 3 is 2.80 bits per heavy atom. The van der Waals surface area contributed by atoms with Gasteiger partial charge in [-0.15, -0.1) is 0 Å². The highest BCUT2D eigenvalue weighted by molar-refractivity contribution is 6.30. The first-order chi connectivity index (χ1) is 9.72. The molecule has 20 heavy (non-hydrogen) atoms. The summed E-state index contributed by atoms with van der Waals surface area (Å²) >= 11 is 5.91. The third kappa shape index (κ3) is 3.14. The third-order valence-electron chi connectivity index (χ3n) is 3.90. The zero-order valence-corrected chi connectivity index (χ0v) is 11.9. The molecule has 0 bridgehead atoms. The number of rotatable bonds is 2. The second kappa shape index (κ2) is 6.12. The SMILES string of the molecule is O=C(N[C@@H]1CC[C@H]2OCCO[C@H]2C1)c1cccc(Cl)c1. The average molecular weight is 296 g/mol. The number of carbonyl (C=O) groups excluding carboxylic acids is 1. The van der Waals surface area contributed by atoms with E-state index < -0.39 is 0 Å². The summed E-state index contributed by atoms with van der Waals surface area (Å²) in [5.41, 5.74) is 0.598. The lowest BCUT2D eigenvalue weighted by atomic mass is 9.89. The number of amides is 1. The minimum Gasteiger partial charge on any atom is -0.373 e. The number of fused-ring (bicyclic) bond motifs is 1. The number of benzene rings is 1. The van der Waals surface area contributed by atoms with Crippen LogP contribution in [0.25, 0.3) is 0 Å². The summed E-state index contributed by atoms with van der Waals surface area (Å²) in [6.45, 7) is 1.33. The van der Waals surface area contributed by atoms with E-state index in [0.717, 1.165) is 19.3 Å². The Bertz CT molecular complexity index is 494. The molecule has 0 spiro atoms. The van der Waals surface area contributed by atoms with Crippen molar-refractivity contribution in [3.05, 3.63) is 34.9 Å². The second-order valence-electron chi connectivity index (χ2n) is 5.31. The van der Waals surface area contributed by atoms with Crippen LogP contribution in [0.4, 0.5) is 0 Å². The highest BCUT2D eigenvalue weighted by Gasteiger charge is 2.34. The summed E-state index contributed by atoms with van der Waals surface area (Å²) in [6, 6.07) is 7.14. The van der Waals surface area contributed by atoms with Crippen molar-refractivity contribution >= 4 is 17.5 Å². The fourth-order valence-corrected chi connectivity index (χ4v) is 3.09. The maximum Gasteiger partial charge on any atom is 0.251 e. The lowest BCUT2D eigenvalue weighted by Crippen LogP contribution is -2.49. The normalized spacial score (nSPS) is 29.6. The summed E-state index contributed by atoms with van der Waals surface area (Å²) < 4.78 is 11.4. The molecule has 5 heteroatoms. The smallest absolute Gasteiger partial charge is 0.251 e. The molecule has 1 aromatic carbocycles. The Morgan fingerprint density at radius 2 is 2.00 bits per heavy atom. The second-order valence-corrected chi connectivity index (χ2v) is 5.75. The predicted octanol–water partition coefficient (Wildman–Crippen LogP) is 2.41. The van der Waals surface area contributed by atoms with Gasteiger partial charge in [0.05, 0.1) is 25.4 Å². The number of nitrogens with one attached hydrogen (secondary N) is 1. The van der Waals surface area contributed by atoms with Crippen molar-refractivity contribution in [1.82, 2.24) is 5.32 Å². The van der Waals surface area contributed by atoms with Gasteiger partial charge >= 0.3 is 0 Å². The number of carbonyl (C=O) groups is 1. The first kappa shape index (κ1) is 13.9. The molecule has 1 saturated heterocycles. The largest absolute Gasteiger partial charge is 0.373 e. The molecular formula is C15H18ClNO3. The molecule has 2 fully saturated rings. The van der Waals surface area contributed by atoms with Crippen LogP contribution in [0, 0.1) is 0 Å². The van der Waals surface area contributed by atoms with Gasteiger partial charge in [0.1, 0.15) is 0 Å². The molecule has 0 radical (unpaired) electrons. The van der Waals surface area contributed by atoms with Crippen LogP contribution in [0.1, 0.15) is 29.6 Å². The summed E-state index contributed by atoms with van der Waals surface area (Å²) in [5.74, 6) is -0.0762. The van der Waals surface area contributed by atoms with E-state index in [1.165, 1.54) is 0 Å². The maximum atomic E-state index is 12.2. The first-order valence-electron chi connectivity index (χ1n) is 7.02. The van der Waals surface area contributed by atoms with Crippen molar-refractivity contribution in [3.8, 4) is 0 Å². The number of hydrogen-bond donors (Lipinski definition) is 1. The Balaban J connectivity index is 1.59. The molecule has 108 valence electrons. The van der Waals surface area contributed by atoms with Crippen molar-refractivity contribution in [3.63, 3.8) is 0 Å². The quantitative estimate of drug-likeness (QED) is 0.911. The molecule has 1 aromatic rings. The summed E-state index contributed by atoms with van der Waals surface area (Å²) in [5, 5.41) is 3.64. The Kier molecular flexibility index (Phi) is 4.24. The topological polar surface area (TPSA) is 47.6 Å². The van der Waals surface area contributed by atoms with Crippen LogP contribution in [-0.4, -0.2) is 37.4 Å². The van der Waals surface area contributed by atoms with Crippen LogP contribution in [0.2, 0.25) is 5.02 Å². The molecule has 1 saturated carbocycles. The van der Waals surface area contributed by atoms with Crippen LogP contribution in [-0.2, 0) is 9.47 Å². The van der Waals surface area contributed by atoms with Gasteiger partial charge < -0.3 is 14.8 Å². The highest BCUT2D eigenvalue weighted by atomic mass is 35.5. The van der Waals surface area contributed by atoms with Gasteiger partial charge in [0.25, 0.3) is 5.91 Å². The van der Waals surface area contributed by atoms with E-state index in [9.17, 15) is 4.79 Å². The zero-order valence-electron chi connectivity index (χ0n) is 11.2. The molecule has 3 rings (SSSR count). The lowest BCUT2D eigenvalue weighted by Gasteiger charge is -2.39. The van der Waals surface area contributed by atoms with Gasteiger partial charge in [-0.3, -0.25) is 4.79 Å². The van der Waals surface area contributed by atoms with Crippen LogP contribution in [0.15, 0.2) is 24.3 Å². The number of ether oxygens (including phenoxy) is 2. The number of hydrogen-bond acceptors (Lipinski definition) is 3. The molecule has 3 atom stereocenters. The molecule has 2 aliphatic rings. The Morgan fingerprint density at radius 1 is 1.20 bits per heavy atom. The van der Waals surface area contributed by atoms with E-state index in [2.05, 4.69) is 5.32 Å². The van der Waals surface area contributed by atoms with Gasteiger partial charge in [-0.05, 0) is 37.5 Å². The van der Waals surface area contributed by atoms with Gasteiger partial charge in [0.15, 0.2) is 0 Å². The van der Waals surface area contributed by atoms with E-state index in [1.807, 2.05) is 0 Å². The van der Waals surface area contributed by atoms with E-state index in [1.54, 1.807) is 24.3 Å². The van der Waals surface area contributed by atoms with Crippen molar-refractivity contribution < 1.29 is 14.3 Å². The number of halogens is 1. The van der Waals surface area contributed by atoms with Gasteiger partial charge in [-0.1, -0.05) is 17.7 Å². The first-order valence-corrected chi connectivity index (χ1v) is 7.40. The Labute approximate surface area is 123 Å². The van der Waals surface area contributed by atoms with Gasteiger partial charge in [-0.2, -0.15) is 0 Å². The summed E-state index contributed by atoms with van der Waals surface area (Å²) in [7, 11) is 0. The third-order valence-corrected chi connectivity index (χ3v) is 4.14. The van der Waals surface area contributed by atoms with Crippen molar-refractivity contribution in [2.75, 3.05) is 13.2 Å². The molecule has 4 nitrogen and oxygen atoms in total. The fraction of sp³-hybridized carbons (Fsp3) is 0.533. The summed E-state index contributed by atoms with van der Waals surface area (Å²) in [4.78, 5) is 12.2. The molecule has 0 unspecified atom stereocenters. The molecule has 1 amide bonds. The van der Waals surface area contributed by atoms with E-state index in [-0.39, 0.29) is 24.2 Å². The van der Waals surface area contributed by atoms with E-state index in [4.69, 9.17) is 21.1 Å². The average Bonchev–Trinajstić information content (AvgIpc) is 2.47. The molecule has 1 N–H and O–H groups in total.